The van der Waals surface area contributed by atoms with E-state index in [1.54, 1.807) is 6.07 Å². The summed E-state index contributed by atoms with van der Waals surface area (Å²) in [6.45, 7) is 7.80. The van der Waals surface area contributed by atoms with Crippen molar-refractivity contribution in [2.24, 2.45) is 5.92 Å². The molecule has 4 heteroatoms. The van der Waals surface area contributed by atoms with Gasteiger partial charge in [-0.25, -0.2) is 0 Å². The van der Waals surface area contributed by atoms with Gasteiger partial charge in [0.2, 0.25) is 5.91 Å². The first-order chi connectivity index (χ1) is 9.38. The first-order valence-electron chi connectivity index (χ1n) is 7.05. The number of rotatable bonds is 6. The Bertz CT molecular complexity index is 469. The van der Waals surface area contributed by atoms with Crippen LogP contribution >= 0.6 is 0 Å². The molecule has 0 aliphatic rings. The number of phenolic OH excluding ortho intramolecular Hbond substituents is 1. The van der Waals surface area contributed by atoms with Crippen molar-refractivity contribution < 1.29 is 14.6 Å². The lowest BCUT2D eigenvalue weighted by molar-refractivity contribution is -0.119. The predicted octanol–water partition coefficient (Wildman–Crippen LogP) is 3.19. The third-order valence-corrected chi connectivity index (χ3v) is 3.28. The van der Waals surface area contributed by atoms with Crippen LogP contribution < -0.4 is 10.1 Å². The number of carbonyl (C=O) groups excluding carboxylic acids is 1. The Morgan fingerprint density at radius 2 is 2.05 bits per heavy atom. The van der Waals surface area contributed by atoms with Crippen molar-refractivity contribution in [2.75, 3.05) is 7.11 Å². The molecule has 0 aliphatic carbocycles. The average molecular weight is 279 g/mol. The van der Waals surface area contributed by atoms with E-state index in [-0.39, 0.29) is 17.7 Å². The minimum atomic E-state index is -0.0840. The SMILES string of the molecule is CCc1cc(OC)c(O)cc1C(CC(C)C)NC(C)=O. The molecule has 2 N–H and O–H groups in total. The lowest BCUT2D eigenvalue weighted by Crippen LogP contribution is -2.28. The van der Waals surface area contributed by atoms with Crippen LogP contribution in [-0.2, 0) is 11.2 Å². The van der Waals surface area contributed by atoms with Crippen molar-refractivity contribution in [1.82, 2.24) is 5.32 Å². The van der Waals surface area contributed by atoms with Crippen molar-refractivity contribution in [3.63, 3.8) is 0 Å². The van der Waals surface area contributed by atoms with E-state index in [1.165, 1.54) is 14.0 Å². The first kappa shape index (κ1) is 16.3. The Morgan fingerprint density at radius 3 is 2.50 bits per heavy atom. The van der Waals surface area contributed by atoms with Gasteiger partial charge in [-0.15, -0.1) is 0 Å². The van der Waals surface area contributed by atoms with Gasteiger partial charge in [-0.1, -0.05) is 20.8 Å². The predicted molar refractivity (Wildman–Crippen MR) is 80.0 cm³/mol. The third kappa shape index (κ3) is 4.15. The highest BCUT2D eigenvalue weighted by molar-refractivity contribution is 5.73. The molecule has 112 valence electrons. The van der Waals surface area contributed by atoms with E-state index < -0.39 is 0 Å². The van der Waals surface area contributed by atoms with E-state index in [4.69, 9.17) is 4.74 Å². The summed E-state index contributed by atoms with van der Waals surface area (Å²) in [5.74, 6) is 0.962. The van der Waals surface area contributed by atoms with Gasteiger partial charge in [0.25, 0.3) is 0 Å². The number of carbonyl (C=O) groups is 1. The zero-order valence-corrected chi connectivity index (χ0v) is 13.0. The summed E-state index contributed by atoms with van der Waals surface area (Å²) in [4.78, 5) is 11.4. The van der Waals surface area contributed by atoms with Crippen LogP contribution in [0.1, 0.15) is 51.3 Å². The van der Waals surface area contributed by atoms with E-state index in [2.05, 4.69) is 26.1 Å². The Hall–Kier alpha value is -1.71. The number of methoxy groups -OCH3 is 1. The number of aryl methyl sites for hydroxylation is 1. The van der Waals surface area contributed by atoms with Crippen LogP contribution in [0.25, 0.3) is 0 Å². The van der Waals surface area contributed by atoms with E-state index in [1.807, 2.05) is 6.07 Å². The number of ether oxygens (including phenoxy) is 1. The zero-order valence-electron chi connectivity index (χ0n) is 13.0. The second kappa shape index (κ2) is 7.17. The van der Waals surface area contributed by atoms with E-state index in [0.29, 0.717) is 11.7 Å². The number of hydrogen-bond acceptors (Lipinski definition) is 3. The Labute approximate surface area is 121 Å². The number of amides is 1. The minimum absolute atomic E-state index is 0.0620. The summed E-state index contributed by atoms with van der Waals surface area (Å²) in [5, 5.41) is 13.0. The summed E-state index contributed by atoms with van der Waals surface area (Å²) in [7, 11) is 1.54. The van der Waals surface area contributed by atoms with Crippen molar-refractivity contribution in [3.05, 3.63) is 23.3 Å². The van der Waals surface area contributed by atoms with Gasteiger partial charge in [-0.2, -0.15) is 0 Å². The Morgan fingerprint density at radius 1 is 1.40 bits per heavy atom. The van der Waals surface area contributed by atoms with Crippen LogP contribution in [0.2, 0.25) is 0 Å². The molecule has 0 bridgehead atoms. The molecule has 4 nitrogen and oxygen atoms in total. The number of hydrogen-bond donors (Lipinski definition) is 2. The molecule has 0 spiro atoms. The maximum Gasteiger partial charge on any atom is 0.217 e. The molecule has 1 aromatic carbocycles. The molecule has 0 fully saturated rings. The molecule has 20 heavy (non-hydrogen) atoms. The number of benzene rings is 1. The van der Waals surface area contributed by atoms with Crippen molar-refractivity contribution in [1.29, 1.82) is 0 Å². The van der Waals surface area contributed by atoms with Gasteiger partial charge in [-0.05, 0) is 42.0 Å². The molecule has 1 amide bonds. The molecule has 0 saturated carbocycles. The molecule has 0 heterocycles. The molecule has 0 saturated heterocycles. The van der Waals surface area contributed by atoms with Gasteiger partial charge in [0.05, 0.1) is 13.2 Å². The second-order valence-electron chi connectivity index (χ2n) is 5.46. The zero-order chi connectivity index (χ0) is 15.3. The minimum Gasteiger partial charge on any atom is -0.504 e. The van der Waals surface area contributed by atoms with E-state index >= 15 is 0 Å². The normalized spacial score (nSPS) is 12.3. The summed E-state index contributed by atoms with van der Waals surface area (Å²) in [6.07, 6.45) is 1.65. The molecule has 1 rings (SSSR count). The highest BCUT2D eigenvalue weighted by atomic mass is 16.5. The molecule has 1 atom stereocenters. The average Bonchev–Trinajstić information content (AvgIpc) is 2.36. The highest BCUT2D eigenvalue weighted by Gasteiger charge is 2.19. The topological polar surface area (TPSA) is 58.6 Å². The number of nitrogens with one attached hydrogen (secondary N) is 1. The van der Waals surface area contributed by atoms with Gasteiger partial charge in [0.1, 0.15) is 0 Å². The van der Waals surface area contributed by atoms with Crippen LogP contribution in [0.5, 0.6) is 11.5 Å². The van der Waals surface area contributed by atoms with Crippen LogP contribution in [0.15, 0.2) is 12.1 Å². The summed E-state index contributed by atoms with van der Waals surface area (Å²) in [5.41, 5.74) is 2.05. The standard InChI is InChI=1S/C16H25NO3/c1-6-12-8-16(20-5)15(19)9-13(12)14(7-10(2)3)17-11(4)18/h8-10,14,19H,6-7H2,1-5H3,(H,17,18). The number of aromatic hydroxyl groups is 1. The molecule has 0 aromatic heterocycles. The fraction of sp³-hybridized carbons (Fsp3) is 0.562. The summed E-state index contributed by atoms with van der Waals surface area (Å²) in [6, 6.07) is 3.47. The van der Waals surface area contributed by atoms with Crippen molar-refractivity contribution >= 4 is 5.91 Å². The third-order valence-electron chi connectivity index (χ3n) is 3.28. The van der Waals surface area contributed by atoms with Gasteiger partial charge in [-0.3, -0.25) is 4.79 Å². The van der Waals surface area contributed by atoms with E-state index in [0.717, 1.165) is 24.0 Å². The van der Waals surface area contributed by atoms with Gasteiger partial charge in [0.15, 0.2) is 11.5 Å². The highest BCUT2D eigenvalue weighted by Crippen LogP contribution is 2.34. The van der Waals surface area contributed by atoms with Crippen molar-refractivity contribution in [3.8, 4) is 11.5 Å². The molecule has 0 aliphatic heterocycles. The van der Waals surface area contributed by atoms with Crippen molar-refractivity contribution in [2.45, 2.75) is 46.6 Å². The molecule has 0 radical (unpaired) electrons. The first-order valence-corrected chi connectivity index (χ1v) is 7.05. The van der Waals surface area contributed by atoms with Crippen LogP contribution in [-0.4, -0.2) is 18.1 Å². The van der Waals surface area contributed by atoms with Crippen LogP contribution in [0, 0.1) is 5.92 Å². The smallest absolute Gasteiger partial charge is 0.217 e. The van der Waals surface area contributed by atoms with Crippen LogP contribution in [0.4, 0.5) is 0 Å². The monoisotopic (exact) mass is 279 g/mol. The molecular formula is C16H25NO3. The lowest BCUT2D eigenvalue weighted by Gasteiger charge is -2.23. The quantitative estimate of drug-likeness (QED) is 0.840. The molecule has 1 unspecified atom stereocenters. The van der Waals surface area contributed by atoms with Crippen LogP contribution in [0.3, 0.4) is 0 Å². The maximum absolute atomic E-state index is 11.4. The largest absolute Gasteiger partial charge is 0.504 e. The van der Waals surface area contributed by atoms with Gasteiger partial charge >= 0.3 is 0 Å². The number of phenols is 1. The fourth-order valence-corrected chi connectivity index (χ4v) is 2.40. The summed E-state index contributed by atoms with van der Waals surface area (Å²) >= 11 is 0. The maximum atomic E-state index is 11.4. The fourth-order valence-electron chi connectivity index (χ4n) is 2.40. The Balaban J connectivity index is 3.23. The molecule has 1 aromatic rings. The lowest BCUT2D eigenvalue weighted by atomic mass is 9.91. The van der Waals surface area contributed by atoms with Gasteiger partial charge < -0.3 is 15.2 Å². The van der Waals surface area contributed by atoms with Gasteiger partial charge in [0, 0.05) is 6.92 Å². The summed E-state index contributed by atoms with van der Waals surface area (Å²) < 4.78 is 5.15. The Kier molecular flexibility index (Phi) is 5.86. The second-order valence-corrected chi connectivity index (χ2v) is 5.46. The molecular weight excluding hydrogens is 254 g/mol. The van der Waals surface area contributed by atoms with E-state index in [9.17, 15) is 9.90 Å².